The predicted molar refractivity (Wildman–Crippen MR) is 97.5 cm³/mol. The maximum absolute atomic E-state index is 11.7. The highest BCUT2D eigenvalue weighted by Crippen LogP contribution is 2.27. The van der Waals surface area contributed by atoms with Crippen molar-refractivity contribution >= 4 is 5.91 Å². The van der Waals surface area contributed by atoms with E-state index >= 15 is 0 Å². The van der Waals surface area contributed by atoms with Gasteiger partial charge in [0.2, 0.25) is 6.29 Å². The van der Waals surface area contributed by atoms with Gasteiger partial charge >= 0.3 is 0 Å². The highest BCUT2D eigenvalue weighted by molar-refractivity contribution is 5.94. The summed E-state index contributed by atoms with van der Waals surface area (Å²) in [7, 11) is 1.54. The number of pyridine rings is 1. The van der Waals surface area contributed by atoms with Gasteiger partial charge < -0.3 is 35.2 Å². The Kier molecular flexibility index (Phi) is 6.22. The molecule has 5 N–H and O–H groups in total. The molecule has 2 heterocycles. The summed E-state index contributed by atoms with van der Waals surface area (Å²) in [5.74, 6) is 0.111. The molecule has 28 heavy (non-hydrogen) atoms. The number of hydrogen-bond donors (Lipinski definition) is 5. The summed E-state index contributed by atoms with van der Waals surface area (Å²) in [6.07, 6.45) is -3.62. The van der Waals surface area contributed by atoms with Crippen molar-refractivity contribution < 1.29 is 34.7 Å². The summed E-state index contributed by atoms with van der Waals surface area (Å²) >= 11 is 0. The zero-order chi connectivity index (χ0) is 20.3. The average molecular weight is 390 g/mol. The van der Waals surface area contributed by atoms with E-state index in [1.165, 1.54) is 6.20 Å². The number of rotatable bonds is 5. The molecule has 0 radical (unpaired) electrons. The topological polar surface area (TPSA) is 141 Å². The number of carbonyl (C=O) groups is 1. The van der Waals surface area contributed by atoms with Crippen LogP contribution in [0.3, 0.4) is 0 Å². The molecule has 9 nitrogen and oxygen atoms in total. The zero-order valence-electron chi connectivity index (χ0n) is 15.1. The second-order valence-electron chi connectivity index (χ2n) is 6.38. The minimum Gasteiger partial charge on any atom is -0.462 e. The van der Waals surface area contributed by atoms with Crippen molar-refractivity contribution in [3.05, 3.63) is 48.3 Å². The molecule has 3 rings (SSSR count). The van der Waals surface area contributed by atoms with Crippen LogP contribution < -0.4 is 10.1 Å². The third-order valence-electron chi connectivity index (χ3n) is 4.52. The van der Waals surface area contributed by atoms with Crippen LogP contribution in [0.15, 0.2) is 42.7 Å². The first-order chi connectivity index (χ1) is 13.4. The fourth-order valence-electron chi connectivity index (χ4n) is 2.89. The van der Waals surface area contributed by atoms with Gasteiger partial charge in [0.1, 0.15) is 30.2 Å². The standard InChI is InChI=1S/C19H22N2O7/c1-20-18(26)12-6-11(7-21-8-12)10-2-4-13(5-3-10)27-19-17(25)16(24)15(23)14(9-22)28-19/h2-8,14-17,19,22-25H,9H2,1H3,(H,20,26). The average Bonchev–Trinajstić information content (AvgIpc) is 2.74. The molecule has 2 aromatic rings. The molecular formula is C19H22N2O7. The molecule has 1 amide bonds. The van der Waals surface area contributed by atoms with Crippen LogP contribution >= 0.6 is 0 Å². The first-order valence-corrected chi connectivity index (χ1v) is 8.69. The third-order valence-corrected chi connectivity index (χ3v) is 4.52. The lowest BCUT2D eigenvalue weighted by molar-refractivity contribution is -0.277. The van der Waals surface area contributed by atoms with Crippen molar-refractivity contribution in [2.75, 3.05) is 13.7 Å². The van der Waals surface area contributed by atoms with Crippen molar-refractivity contribution in [2.24, 2.45) is 0 Å². The molecule has 0 aliphatic carbocycles. The van der Waals surface area contributed by atoms with Gasteiger partial charge in [-0.05, 0) is 23.8 Å². The molecule has 5 atom stereocenters. The Morgan fingerprint density at radius 3 is 2.46 bits per heavy atom. The molecule has 0 bridgehead atoms. The van der Waals surface area contributed by atoms with E-state index in [-0.39, 0.29) is 5.91 Å². The number of amides is 1. The second-order valence-corrected chi connectivity index (χ2v) is 6.38. The molecule has 1 aliphatic heterocycles. The summed E-state index contributed by atoms with van der Waals surface area (Å²) < 4.78 is 10.9. The van der Waals surface area contributed by atoms with E-state index in [9.17, 15) is 25.2 Å². The molecule has 150 valence electrons. The molecule has 9 heteroatoms. The number of carbonyl (C=O) groups excluding carboxylic acids is 1. The third kappa shape index (κ3) is 4.13. The van der Waals surface area contributed by atoms with Gasteiger partial charge in [-0.25, -0.2) is 0 Å². The van der Waals surface area contributed by atoms with Crippen LogP contribution in [0.5, 0.6) is 5.75 Å². The Balaban J connectivity index is 1.74. The van der Waals surface area contributed by atoms with Crippen LogP contribution in [-0.4, -0.2) is 75.7 Å². The van der Waals surface area contributed by atoms with E-state index in [0.29, 0.717) is 11.3 Å². The largest absolute Gasteiger partial charge is 0.462 e. The van der Waals surface area contributed by atoms with Crippen molar-refractivity contribution in [2.45, 2.75) is 30.7 Å². The minimum atomic E-state index is -1.51. The van der Waals surface area contributed by atoms with Gasteiger partial charge in [0, 0.05) is 25.0 Å². The maximum atomic E-state index is 11.7. The number of benzene rings is 1. The highest BCUT2D eigenvalue weighted by atomic mass is 16.7. The Bertz CT molecular complexity index is 812. The van der Waals surface area contributed by atoms with Gasteiger partial charge in [-0.15, -0.1) is 0 Å². The smallest absolute Gasteiger partial charge is 0.252 e. The SMILES string of the molecule is CNC(=O)c1cncc(-c2ccc(OC3OC(CO)C(O)C(O)C3O)cc2)c1. The van der Waals surface area contributed by atoms with Crippen molar-refractivity contribution in [1.82, 2.24) is 10.3 Å². The van der Waals surface area contributed by atoms with E-state index < -0.39 is 37.3 Å². The maximum Gasteiger partial charge on any atom is 0.252 e. The van der Waals surface area contributed by atoms with E-state index in [1.54, 1.807) is 43.6 Å². The summed E-state index contributed by atoms with van der Waals surface area (Å²) in [6.45, 7) is -0.529. The van der Waals surface area contributed by atoms with E-state index in [4.69, 9.17) is 9.47 Å². The monoisotopic (exact) mass is 390 g/mol. The minimum absolute atomic E-state index is 0.239. The molecule has 5 unspecified atom stereocenters. The number of aliphatic hydroxyl groups excluding tert-OH is 4. The Morgan fingerprint density at radius 1 is 1.11 bits per heavy atom. The highest BCUT2D eigenvalue weighted by Gasteiger charge is 2.44. The molecule has 1 fully saturated rings. The van der Waals surface area contributed by atoms with Gasteiger partial charge in [0.15, 0.2) is 0 Å². The van der Waals surface area contributed by atoms with Crippen molar-refractivity contribution in [3.8, 4) is 16.9 Å². The van der Waals surface area contributed by atoms with Gasteiger partial charge in [-0.2, -0.15) is 0 Å². The number of aromatic nitrogens is 1. The van der Waals surface area contributed by atoms with Crippen LogP contribution in [0.4, 0.5) is 0 Å². The summed E-state index contributed by atoms with van der Waals surface area (Å²) in [5.41, 5.74) is 1.96. The van der Waals surface area contributed by atoms with Crippen LogP contribution in [0.2, 0.25) is 0 Å². The molecule has 1 aliphatic rings. The second kappa shape index (κ2) is 8.63. The quantitative estimate of drug-likeness (QED) is 0.451. The fraction of sp³-hybridized carbons (Fsp3) is 0.368. The van der Waals surface area contributed by atoms with E-state index in [2.05, 4.69) is 10.3 Å². The van der Waals surface area contributed by atoms with Crippen molar-refractivity contribution in [1.29, 1.82) is 0 Å². The Labute approximate surface area is 161 Å². The normalized spacial score (nSPS) is 27.2. The lowest BCUT2D eigenvalue weighted by Gasteiger charge is -2.39. The predicted octanol–water partition coefficient (Wildman–Crippen LogP) is -0.713. The van der Waals surface area contributed by atoms with Crippen molar-refractivity contribution in [3.63, 3.8) is 0 Å². The van der Waals surface area contributed by atoms with Gasteiger partial charge in [-0.1, -0.05) is 12.1 Å². The fourth-order valence-corrected chi connectivity index (χ4v) is 2.89. The number of nitrogens with zero attached hydrogens (tertiary/aromatic N) is 1. The van der Waals surface area contributed by atoms with Crippen LogP contribution in [-0.2, 0) is 4.74 Å². The Morgan fingerprint density at radius 2 is 1.82 bits per heavy atom. The van der Waals surface area contributed by atoms with Gasteiger partial charge in [0.05, 0.1) is 12.2 Å². The van der Waals surface area contributed by atoms with Crippen LogP contribution in [0, 0.1) is 0 Å². The van der Waals surface area contributed by atoms with E-state index in [1.807, 2.05) is 0 Å². The van der Waals surface area contributed by atoms with Crippen LogP contribution in [0.1, 0.15) is 10.4 Å². The lowest BCUT2D eigenvalue weighted by Crippen LogP contribution is -2.60. The molecule has 0 spiro atoms. The molecular weight excluding hydrogens is 368 g/mol. The van der Waals surface area contributed by atoms with Gasteiger partial charge in [0.25, 0.3) is 5.91 Å². The zero-order valence-corrected chi connectivity index (χ0v) is 15.1. The molecule has 1 saturated heterocycles. The van der Waals surface area contributed by atoms with Crippen LogP contribution in [0.25, 0.3) is 11.1 Å². The number of ether oxygens (including phenoxy) is 2. The first kappa shape index (κ1) is 20.2. The summed E-state index contributed by atoms with van der Waals surface area (Å²) in [5, 5.41) is 41.4. The molecule has 1 aromatic heterocycles. The van der Waals surface area contributed by atoms with Gasteiger partial charge in [-0.3, -0.25) is 9.78 Å². The Hall–Kier alpha value is -2.56. The molecule has 0 saturated carbocycles. The number of aliphatic hydroxyl groups is 4. The number of hydrogen-bond acceptors (Lipinski definition) is 8. The first-order valence-electron chi connectivity index (χ1n) is 8.69. The summed E-state index contributed by atoms with van der Waals surface area (Å²) in [4.78, 5) is 15.8. The number of nitrogens with one attached hydrogen (secondary N) is 1. The summed E-state index contributed by atoms with van der Waals surface area (Å²) in [6, 6.07) is 8.44. The lowest BCUT2D eigenvalue weighted by atomic mass is 9.99. The van der Waals surface area contributed by atoms with E-state index in [0.717, 1.165) is 11.1 Å². The molecule has 1 aromatic carbocycles.